The number of benzene rings is 1. The number of amides is 1. The smallest absolute Gasteiger partial charge is 0.237 e. The highest BCUT2D eigenvalue weighted by Crippen LogP contribution is 2.28. The van der Waals surface area contributed by atoms with Gasteiger partial charge in [-0.25, -0.2) is 0 Å². The average molecular weight is 363 g/mol. The van der Waals surface area contributed by atoms with Gasteiger partial charge in [-0.2, -0.15) is 0 Å². The molecular formula is C16H15ClN4O2S. The molecule has 0 spiro atoms. The fourth-order valence-corrected chi connectivity index (χ4v) is 3.20. The molecule has 3 rings (SSSR count). The van der Waals surface area contributed by atoms with Crippen molar-refractivity contribution in [1.29, 1.82) is 0 Å². The highest BCUT2D eigenvalue weighted by atomic mass is 35.5. The lowest BCUT2D eigenvalue weighted by Crippen LogP contribution is -2.22. The maximum Gasteiger partial charge on any atom is 0.237 e. The molecule has 6 nitrogen and oxygen atoms in total. The fraction of sp³-hybridized carbons (Fsp3) is 0.188. The monoisotopic (exact) mass is 362 g/mol. The van der Waals surface area contributed by atoms with Crippen molar-refractivity contribution in [1.82, 2.24) is 14.6 Å². The summed E-state index contributed by atoms with van der Waals surface area (Å²) in [6.45, 7) is 1.81. The molecule has 0 aliphatic carbocycles. The van der Waals surface area contributed by atoms with Crippen LogP contribution in [0.15, 0.2) is 47.8 Å². The Morgan fingerprint density at radius 2 is 2.17 bits per heavy atom. The number of rotatable bonds is 5. The molecule has 0 saturated heterocycles. The van der Waals surface area contributed by atoms with Gasteiger partial charge in [-0.15, -0.1) is 10.2 Å². The van der Waals surface area contributed by atoms with Gasteiger partial charge in [0.25, 0.3) is 0 Å². The van der Waals surface area contributed by atoms with Crippen molar-refractivity contribution in [2.45, 2.75) is 17.3 Å². The SMILES string of the molecule is COc1ccc(NC(=O)[C@@H](C)Sc2nnc3ccccn23)cc1Cl. The number of carbonyl (C=O) groups is 1. The van der Waals surface area contributed by atoms with Gasteiger partial charge in [0.1, 0.15) is 5.75 Å². The van der Waals surface area contributed by atoms with Gasteiger partial charge in [-0.1, -0.05) is 29.4 Å². The predicted molar refractivity (Wildman–Crippen MR) is 94.9 cm³/mol. The van der Waals surface area contributed by atoms with Crippen LogP contribution in [0, 0.1) is 0 Å². The third-order valence-electron chi connectivity index (χ3n) is 3.35. The van der Waals surface area contributed by atoms with Crippen LogP contribution in [0.3, 0.4) is 0 Å². The van der Waals surface area contributed by atoms with Gasteiger partial charge in [-0.05, 0) is 37.3 Å². The number of hydrogen-bond acceptors (Lipinski definition) is 5. The first kappa shape index (κ1) is 16.6. The molecule has 0 radical (unpaired) electrons. The van der Waals surface area contributed by atoms with Crippen molar-refractivity contribution in [3.05, 3.63) is 47.6 Å². The van der Waals surface area contributed by atoms with E-state index in [2.05, 4.69) is 15.5 Å². The van der Waals surface area contributed by atoms with Crippen molar-refractivity contribution in [2.24, 2.45) is 0 Å². The zero-order valence-corrected chi connectivity index (χ0v) is 14.6. The number of methoxy groups -OCH3 is 1. The lowest BCUT2D eigenvalue weighted by Gasteiger charge is -2.12. The molecule has 124 valence electrons. The molecule has 1 aromatic carbocycles. The summed E-state index contributed by atoms with van der Waals surface area (Å²) in [7, 11) is 1.54. The van der Waals surface area contributed by atoms with E-state index >= 15 is 0 Å². The van der Waals surface area contributed by atoms with Gasteiger partial charge in [0.05, 0.1) is 17.4 Å². The predicted octanol–water partition coefficient (Wildman–Crippen LogP) is 3.51. The van der Waals surface area contributed by atoms with Crippen molar-refractivity contribution in [3.8, 4) is 5.75 Å². The van der Waals surface area contributed by atoms with E-state index in [0.29, 0.717) is 21.6 Å². The molecule has 2 aromatic heterocycles. The third-order valence-corrected chi connectivity index (χ3v) is 4.71. The Hall–Kier alpha value is -2.25. The molecule has 1 atom stereocenters. The second-order valence-corrected chi connectivity index (χ2v) is 6.73. The molecule has 1 N–H and O–H groups in total. The summed E-state index contributed by atoms with van der Waals surface area (Å²) in [6.07, 6.45) is 1.87. The van der Waals surface area contributed by atoms with Crippen LogP contribution < -0.4 is 10.1 Å². The van der Waals surface area contributed by atoms with E-state index in [0.717, 1.165) is 5.65 Å². The molecule has 0 aliphatic heterocycles. The number of ether oxygens (including phenoxy) is 1. The van der Waals surface area contributed by atoms with E-state index in [1.54, 1.807) is 25.3 Å². The molecule has 2 heterocycles. The van der Waals surface area contributed by atoms with E-state index in [-0.39, 0.29) is 11.2 Å². The van der Waals surface area contributed by atoms with Crippen molar-refractivity contribution >= 4 is 40.6 Å². The Kier molecular flexibility index (Phi) is 4.92. The third kappa shape index (κ3) is 3.47. The summed E-state index contributed by atoms with van der Waals surface area (Å²) < 4.78 is 6.94. The Morgan fingerprint density at radius 3 is 2.92 bits per heavy atom. The number of anilines is 1. The number of thioether (sulfide) groups is 1. The molecule has 8 heteroatoms. The first-order valence-corrected chi connectivity index (χ1v) is 8.45. The Balaban J connectivity index is 1.69. The topological polar surface area (TPSA) is 68.5 Å². The molecular weight excluding hydrogens is 348 g/mol. The highest BCUT2D eigenvalue weighted by molar-refractivity contribution is 8.00. The maximum atomic E-state index is 12.4. The van der Waals surface area contributed by atoms with Crippen LogP contribution in [0.5, 0.6) is 5.75 Å². The Labute approximate surface area is 148 Å². The van der Waals surface area contributed by atoms with Gasteiger partial charge in [-0.3, -0.25) is 9.20 Å². The minimum atomic E-state index is -0.349. The van der Waals surface area contributed by atoms with Crippen molar-refractivity contribution in [3.63, 3.8) is 0 Å². The zero-order valence-electron chi connectivity index (χ0n) is 13.1. The summed E-state index contributed by atoms with van der Waals surface area (Å²) in [4.78, 5) is 12.4. The molecule has 0 unspecified atom stereocenters. The van der Waals surface area contributed by atoms with Crippen molar-refractivity contribution < 1.29 is 9.53 Å². The number of nitrogens with one attached hydrogen (secondary N) is 1. The molecule has 0 saturated carbocycles. The van der Waals surface area contributed by atoms with Gasteiger partial charge >= 0.3 is 0 Å². The van der Waals surface area contributed by atoms with E-state index in [1.807, 2.05) is 35.7 Å². The van der Waals surface area contributed by atoms with Crippen LogP contribution in [0.25, 0.3) is 5.65 Å². The summed E-state index contributed by atoms with van der Waals surface area (Å²) in [5.74, 6) is 0.418. The second kappa shape index (κ2) is 7.11. The van der Waals surface area contributed by atoms with Gasteiger partial charge in [0.15, 0.2) is 10.8 Å². The van der Waals surface area contributed by atoms with Gasteiger partial charge in [0.2, 0.25) is 5.91 Å². The largest absolute Gasteiger partial charge is 0.495 e. The van der Waals surface area contributed by atoms with Crippen LogP contribution >= 0.6 is 23.4 Å². The molecule has 3 aromatic rings. The molecule has 0 fully saturated rings. The Bertz CT molecular complexity index is 883. The first-order chi connectivity index (χ1) is 11.6. The average Bonchev–Trinajstić information content (AvgIpc) is 2.98. The normalized spacial score (nSPS) is 12.1. The highest BCUT2D eigenvalue weighted by Gasteiger charge is 2.18. The minimum Gasteiger partial charge on any atom is -0.495 e. The lowest BCUT2D eigenvalue weighted by molar-refractivity contribution is -0.115. The second-order valence-electron chi connectivity index (χ2n) is 5.01. The van der Waals surface area contributed by atoms with E-state index in [1.165, 1.54) is 11.8 Å². The van der Waals surface area contributed by atoms with Crippen LogP contribution in [0.2, 0.25) is 5.02 Å². The molecule has 24 heavy (non-hydrogen) atoms. The Morgan fingerprint density at radius 1 is 1.33 bits per heavy atom. The maximum absolute atomic E-state index is 12.4. The minimum absolute atomic E-state index is 0.145. The van der Waals surface area contributed by atoms with Crippen LogP contribution in [0.1, 0.15) is 6.92 Å². The summed E-state index contributed by atoms with van der Waals surface area (Å²) in [5.41, 5.74) is 1.36. The van der Waals surface area contributed by atoms with E-state index in [4.69, 9.17) is 16.3 Å². The number of hydrogen-bond donors (Lipinski definition) is 1. The van der Waals surface area contributed by atoms with Gasteiger partial charge < -0.3 is 10.1 Å². The van der Waals surface area contributed by atoms with E-state index < -0.39 is 0 Å². The van der Waals surface area contributed by atoms with Crippen LogP contribution in [-0.4, -0.2) is 32.9 Å². The van der Waals surface area contributed by atoms with Crippen molar-refractivity contribution in [2.75, 3.05) is 12.4 Å². The standard InChI is InChI=1S/C16H15ClN4O2S/c1-10(24-16-20-19-14-5-3-4-8-21(14)16)15(22)18-11-6-7-13(23-2)12(17)9-11/h3-10H,1-2H3,(H,18,22)/t10-/m1/s1. The summed E-state index contributed by atoms with van der Waals surface area (Å²) >= 11 is 7.41. The van der Waals surface area contributed by atoms with Gasteiger partial charge in [0, 0.05) is 11.9 Å². The number of pyridine rings is 1. The first-order valence-electron chi connectivity index (χ1n) is 7.19. The van der Waals surface area contributed by atoms with E-state index in [9.17, 15) is 4.79 Å². The van der Waals surface area contributed by atoms with Crippen LogP contribution in [-0.2, 0) is 4.79 Å². The zero-order chi connectivity index (χ0) is 17.1. The molecule has 0 aliphatic rings. The number of nitrogens with zero attached hydrogens (tertiary/aromatic N) is 3. The fourth-order valence-electron chi connectivity index (χ4n) is 2.10. The number of fused-ring (bicyclic) bond motifs is 1. The molecule has 1 amide bonds. The molecule has 0 bridgehead atoms. The number of halogens is 1. The lowest BCUT2D eigenvalue weighted by atomic mass is 10.3. The number of carbonyl (C=O) groups excluding carboxylic acids is 1. The summed E-state index contributed by atoms with van der Waals surface area (Å²) in [5, 5.41) is 11.8. The number of aromatic nitrogens is 3. The van der Waals surface area contributed by atoms with Crippen LogP contribution in [0.4, 0.5) is 5.69 Å². The quantitative estimate of drug-likeness (QED) is 0.703. The summed E-state index contributed by atoms with van der Waals surface area (Å²) in [6, 6.07) is 10.8.